The molecule has 8 nitrogen and oxygen atoms in total. The Hall–Kier alpha value is -0.840. The molecule has 15 atom stereocenters. The Morgan fingerprint density at radius 1 is 1.05 bits per heavy atom. The van der Waals surface area contributed by atoms with Crippen LogP contribution in [0.3, 0.4) is 0 Å². The second kappa shape index (κ2) is 9.58. The minimum atomic E-state index is -1.32. The lowest BCUT2D eigenvalue weighted by Gasteiger charge is -2.60. The van der Waals surface area contributed by atoms with Crippen LogP contribution in [0.25, 0.3) is 0 Å². The molecule has 3 saturated carbocycles. The summed E-state index contributed by atoms with van der Waals surface area (Å²) < 4.78 is 24.8. The first-order chi connectivity index (χ1) is 19.0. The fraction of sp³-hybridized carbons (Fsp3) is 0.875. The van der Waals surface area contributed by atoms with Crippen LogP contribution in [0.1, 0.15) is 72.1 Å². The topological polar surface area (TPSA) is 118 Å². The summed E-state index contributed by atoms with van der Waals surface area (Å²) in [5.74, 6) is 1.89. The molecule has 4 N–H and O–H groups in total. The first-order valence-electron chi connectivity index (χ1n) is 15.6. The predicted molar refractivity (Wildman–Crippen MR) is 146 cm³/mol. The lowest BCUT2D eigenvalue weighted by Crippen LogP contribution is -2.58. The van der Waals surface area contributed by atoms with Gasteiger partial charge in [0.2, 0.25) is 0 Å². The molecule has 0 radical (unpaired) electrons. The highest BCUT2D eigenvalue weighted by molar-refractivity contribution is 5.28. The zero-order chi connectivity index (χ0) is 28.2. The Bertz CT molecular complexity index is 1050. The summed E-state index contributed by atoms with van der Waals surface area (Å²) >= 11 is 0. The first kappa shape index (κ1) is 28.0. The van der Waals surface area contributed by atoms with Gasteiger partial charge >= 0.3 is 0 Å². The van der Waals surface area contributed by atoms with E-state index in [1.807, 2.05) is 0 Å². The minimum Gasteiger partial charge on any atom is -0.392 e. The van der Waals surface area contributed by atoms with Gasteiger partial charge in [-0.2, -0.15) is 0 Å². The smallest absolute Gasteiger partial charge is 0.186 e. The van der Waals surface area contributed by atoms with Crippen molar-refractivity contribution >= 4 is 0 Å². The van der Waals surface area contributed by atoms with E-state index in [1.54, 1.807) is 0 Å². The van der Waals surface area contributed by atoms with Gasteiger partial charge in [0.1, 0.15) is 18.3 Å². The third kappa shape index (κ3) is 3.86. The molecule has 0 aromatic carbocycles. The van der Waals surface area contributed by atoms with Gasteiger partial charge in [-0.25, -0.2) is 0 Å². The van der Waals surface area contributed by atoms with Crippen molar-refractivity contribution in [3.8, 4) is 0 Å². The van der Waals surface area contributed by atoms with Gasteiger partial charge in [0, 0.05) is 24.2 Å². The van der Waals surface area contributed by atoms with Crippen LogP contribution in [0.5, 0.6) is 0 Å². The molecular formula is C32H48O8. The lowest BCUT2D eigenvalue weighted by atomic mass is 9.46. The van der Waals surface area contributed by atoms with Crippen LogP contribution in [0.2, 0.25) is 0 Å². The SMILES string of the molecule is C=C1CC[C@@]2(OC1)O[C@H]1C[C@H]3[C@@H]4CC=C5C[C@@H](O[C@H]6OC[C@H](O)[C@H](O)[C@H]6O)C[C@@H](O)[C@]5(C)[C@H]4CC[C@]3(C)[C@H]1[C@@H]2C. The van der Waals surface area contributed by atoms with Gasteiger partial charge in [0.25, 0.3) is 0 Å². The molecule has 7 aliphatic rings. The van der Waals surface area contributed by atoms with Gasteiger partial charge in [-0.1, -0.05) is 44.6 Å². The molecule has 0 amide bonds. The average molecular weight is 561 g/mol. The van der Waals surface area contributed by atoms with E-state index in [-0.39, 0.29) is 29.6 Å². The number of ether oxygens (including phenoxy) is 4. The molecule has 4 aliphatic carbocycles. The van der Waals surface area contributed by atoms with Crippen molar-refractivity contribution < 1.29 is 39.4 Å². The summed E-state index contributed by atoms with van der Waals surface area (Å²) in [7, 11) is 0. The van der Waals surface area contributed by atoms with Crippen LogP contribution in [0.15, 0.2) is 23.8 Å². The fourth-order valence-corrected chi connectivity index (χ4v) is 10.7. The van der Waals surface area contributed by atoms with Crippen molar-refractivity contribution in [3.05, 3.63) is 23.8 Å². The number of fused-ring (bicyclic) bond motifs is 7. The van der Waals surface area contributed by atoms with E-state index in [0.717, 1.165) is 38.5 Å². The third-order valence-corrected chi connectivity index (χ3v) is 13.0. The summed E-state index contributed by atoms with van der Waals surface area (Å²) in [5, 5.41) is 41.9. The highest BCUT2D eigenvalue weighted by Crippen LogP contribution is 2.70. The van der Waals surface area contributed by atoms with Gasteiger partial charge < -0.3 is 39.4 Å². The zero-order valence-electron chi connectivity index (χ0n) is 24.2. The summed E-state index contributed by atoms with van der Waals surface area (Å²) in [4.78, 5) is 0. The maximum absolute atomic E-state index is 11.7. The van der Waals surface area contributed by atoms with E-state index in [0.29, 0.717) is 49.0 Å². The number of aliphatic hydroxyl groups excluding tert-OH is 4. The summed E-state index contributed by atoms with van der Waals surface area (Å²) in [6.07, 6.45) is 4.33. The highest BCUT2D eigenvalue weighted by Gasteiger charge is 2.69. The molecule has 6 fully saturated rings. The molecule has 7 rings (SSSR count). The second-order valence-corrected chi connectivity index (χ2v) is 14.7. The lowest BCUT2D eigenvalue weighted by molar-refractivity contribution is -0.287. The Labute approximate surface area is 237 Å². The third-order valence-electron chi connectivity index (χ3n) is 13.0. The number of hydrogen-bond acceptors (Lipinski definition) is 8. The summed E-state index contributed by atoms with van der Waals surface area (Å²) in [6, 6.07) is 0. The van der Waals surface area contributed by atoms with E-state index in [9.17, 15) is 20.4 Å². The monoisotopic (exact) mass is 560 g/mol. The maximum atomic E-state index is 11.7. The molecule has 224 valence electrons. The van der Waals surface area contributed by atoms with Gasteiger partial charge in [-0.15, -0.1) is 0 Å². The van der Waals surface area contributed by atoms with Crippen LogP contribution < -0.4 is 0 Å². The van der Waals surface area contributed by atoms with Crippen molar-refractivity contribution in [2.45, 2.75) is 121 Å². The maximum Gasteiger partial charge on any atom is 0.186 e. The van der Waals surface area contributed by atoms with Crippen molar-refractivity contribution in [2.75, 3.05) is 13.2 Å². The fourth-order valence-electron chi connectivity index (χ4n) is 10.7. The average Bonchev–Trinajstić information content (AvgIpc) is 3.37. The van der Waals surface area contributed by atoms with Crippen LogP contribution >= 0.6 is 0 Å². The molecule has 0 aromatic heterocycles. The van der Waals surface area contributed by atoms with Gasteiger partial charge in [0.15, 0.2) is 12.1 Å². The second-order valence-electron chi connectivity index (χ2n) is 14.7. The van der Waals surface area contributed by atoms with Gasteiger partial charge in [-0.05, 0) is 67.6 Å². The number of allylic oxidation sites excluding steroid dienone is 1. The van der Waals surface area contributed by atoms with E-state index in [1.165, 1.54) is 11.1 Å². The number of rotatable bonds is 2. The van der Waals surface area contributed by atoms with Crippen LogP contribution in [0, 0.1) is 40.4 Å². The van der Waals surface area contributed by atoms with Crippen LogP contribution in [-0.4, -0.2) is 82.3 Å². The molecular weight excluding hydrogens is 512 g/mol. The standard InChI is InChI=1S/C32H48O8/c1-16-7-10-32(38-14-16)17(2)26-24(40-32)13-22-20-6-5-18-11-19(39-29-28(36)27(35)23(33)15-37-29)12-25(34)31(18,4)21(20)8-9-30(22,26)3/h5,17,19-29,33-36H,1,6-15H2,2-4H3/t17-,19+,20+,21-,22-,23-,24-,25+,26-,27-,28+,29+,30-,31-,32+/m0/s1. The summed E-state index contributed by atoms with van der Waals surface area (Å²) in [6.45, 7) is 11.8. The Balaban J connectivity index is 1.09. The van der Waals surface area contributed by atoms with E-state index in [4.69, 9.17) is 18.9 Å². The molecule has 1 spiro atoms. The minimum absolute atomic E-state index is 0.0879. The Kier molecular flexibility index (Phi) is 6.70. The van der Waals surface area contributed by atoms with Gasteiger partial charge in [-0.3, -0.25) is 0 Å². The molecule has 8 heteroatoms. The largest absolute Gasteiger partial charge is 0.392 e. The van der Waals surface area contributed by atoms with E-state index >= 15 is 0 Å². The number of hydrogen-bond donors (Lipinski definition) is 4. The van der Waals surface area contributed by atoms with Crippen molar-refractivity contribution in [1.29, 1.82) is 0 Å². The van der Waals surface area contributed by atoms with E-state index in [2.05, 4.69) is 33.4 Å². The van der Waals surface area contributed by atoms with Crippen LogP contribution in [0.4, 0.5) is 0 Å². The normalized spacial score (nSPS) is 57.7. The Morgan fingerprint density at radius 2 is 1.85 bits per heavy atom. The molecule has 0 aromatic rings. The molecule has 3 saturated heterocycles. The summed E-state index contributed by atoms with van der Waals surface area (Å²) in [5.41, 5.74) is 2.33. The first-order valence-corrected chi connectivity index (χ1v) is 15.6. The van der Waals surface area contributed by atoms with E-state index < -0.39 is 36.5 Å². The van der Waals surface area contributed by atoms with Crippen molar-refractivity contribution in [2.24, 2.45) is 40.4 Å². The zero-order valence-corrected chi connectivity index (χ0v) is 24.2. The predicted octanol–water partition coefficient (Wildman–Crippen LogP) is 3.07. The van der Waals surface area contributed by atoms with Crippen molar-refractivity contribution in [1.82, 2.24) is 0 Å². The molecule has 3 heterocycles. The van der Waals surface area contributed by atoms with Crippen LogP contribution in [-0.2, 0) is 18.9 Å². The molecule has 3 aliphatic heterocycles. The number of aliphatic hydroxyl groups is 4. The van der Waals surface area contributed by atoms with Gasteiger partial charge in [0.05, 0.1) is 31.5 Å². The molecule has 40 heavy (non-hydrogen) atoms. The van der Waals surface area contributed by atoms with Crippen molar-refractivity contribution in [3.63, 3.8) is 0 Å². The molecule has 0 bridgehead atoms. The Morgan fingerprint density at radius 3 is 2.60 bits per heavy atom. The molecule has 0 unspecified atom stereocenters. The highest BCUT2D eigenvalue weighted by atomic mass is 16.7. The quantitative estimate of drug-likeness (QED) is 0.381.